The van der Waals surface area contributed by atoms with Crippen molar-refractivity contribution < 1.29 is 14.1 Å². The van der Waals surface area contributed by atoms with Crippen LogP contribution in [-0.2, 0) is 14.1 Å². The standard InChI is InChI=1S/C17H25BN2O3/c1-12(21)20-11-14(10-13-8-6-7-9-15(13)19)18-22-16(2,3)17(4,5)23-18/h6-10H,11,19H2,1-5H3,(H,20,21). The number of hydrogen-bond acceptors (Lipinski definition) is 4. The van der Waals surface area contributed by atoms with Gasteiger partial charge in [-0.05, 0) is 44.8 Å². The normalized spacial score (nSPS) is 19.7. The average Bonchev–Trinajstić information content (AvgIpc) is 2.65. The van der Waals surface area contributed by atoms with Gasteiger partial charge in [-0.3, -0.25) is 4.79 Å². The molecule has 1 saturated heterocycles. The van der Waals surface area contributed by atoms with Gasteiger partial charge in [0.15, 0.2) is 0 Å². The molecule has 1 aliphatic rings. The number of nitrogens with two attached hydrogens (primary N) is 1. The molecule has 1 aromatic carbocycles. The van der Waals surface area contributed by atoms with E-state index in [4.69, 9.17) is 15.0 Å². The molecule has 0 saturated carbocycles. The molecule has 1 fully saturated rings. The lowest BCUT2D eigenvalue weighted by Gasteiger charge is -2.32. The van der Waals surface area contributed by atoms with Crippen molar-refractivity contribution in [1.82, 2.24) is 5.32 Å². The van der Waals surface area contributed by atoms with Crippen molar-refractivity contribution in [3.8, 4) is 0 Å². The minimum Gasteiger partial charge on any atom is -0.400 e. The molecule has 5 nitrogen and oxygen atoms in total. The highest BCUT2D eigenvalue weighted by molar-refractivity contribution is 6.56. The number of benzene rings is 1. The van der Waals surface area contributed by atoms with Gasteiger partial charge in [-0.2, -0.15) is 0 Å². The van der Waals surface area contributed by atoms with Crippen LogP contribution in [0.4, 0.5) is 5.69 Å². The molecule has 0 atom stereocenters. The first-order valence-corrected chi connectivity index (χ1v) is 7.77. The Morgan fingerprint density at radius 3 is 2.30 bits per heavy atom. The van der Waals surface area contributed by atoms with Crippen LogP contribution < -0.4 is 11.1 Å². The highest BCUT2D eigenvalue weighted by Crippen LogP contribution is 2.38. The van der Waals surface area contributed by atoms with Gasteiger partial charge in [0.1, 0.15) is 0 Å². The van der Waals surface area contributed by atoms with E-state index in [0.29, 0.717) is 12.2 Å². The maximum atomic E-state index is 11.3. The lowest BCUT2D eigenvalue weighted by atomic mass is 9.77. The summed E-state index contributed by atoms with van der Waals surface area (Å²) in [6, 6.07) is 7.57. The van der Waals surface area contributed by atoms with Gasteiger partial charge < -0.3 is 20.4 Å². The number of carbonyl (C=O) groups is 1. The Labute approximate surface area is 138 Å². The Morgan fingerprint density at radius 2 is 1.78 bits per heavy atom. The van der Waals surface area contributed by atoms with E-state index in [-0.39, 0.29) is 5.91 Å². The van der Waals surface area contributed by atoms with Crippen molar-refractivity contribution in [1.29, 1.82) is 0 Å². The van der Waals surface area contributed by atoms with Gasteiger partial charge in [-0.15, -0.1) is 0 Å². The third-order valence-corrected chi connectivity index (χ3v) is 4.43. The van der Waals surface area contributed by atoms with Gasteiger partial charge in [0, 0.05) is 19.2 Å². The predicted molar refractivity (Wildman–Crippen MR) is 93.6 cm³/mol. The van der Waals surface area contributed by atoms with E-state index in [2.05, 4.69) is 5.32 Å². The Bertz CT molecular complexity index is 610. The maximum Gasteiger partial charge on any atom is 0.492 e. The zero-order chi connectivity index (χ0) is 17.3. The molecule has 1 aliphatic heterocycles. The second kappa shape index (κ2) is 6.38. The van der Waals surface area contributed by atoms with E-state index in [1.54, 1.807) is 0 Å². The molecule has 3 N–H and O–H groups in total. The fourth-order valence-electron chi connectivity index (χ4n) is 2.27. The summed E-state index contributed by atoms with van der Waals surface area (Å²) in [5, 5.41) is 2.81. The summed E-state index contributed by atoms with van der Waals surface area (Å²) >= 11 is 0. The molecule has 2 rings (SSSR count). The summed E-state index contributed by atoms with van der Waals surface area (Å²) in [4.78, 5) is 11.3. The van der Waals surface area contributed by atoms with Crippen molar-refractivity contribution in [2.75, 3.05) is 12.3 Å². The fourth-order valence-corrected chi connectivity index (χ4v) is 2.27. The highest BCUT2D eigenvalue weighted by Gasteiger charge is 2.52. The Hall–Kier alpha value is -1.79. The SMILES string of the molecule is CC(=O)NCC(=Cc1ccccc1N)B1OC(C)(C)C(C)(C)O1. The van der Waals surface area contributed by atoms with Crippen molar-refractivity contribution in [3.63, 3.8) is 0 Å². The summed E-state index contributed by atoms with van der Waals surface area (Å²) in [6.45, 7) is 9.83. The lowest BCUT2D eigenvalue weighted by Crippen LogP contribution is -2.41. The summed E-state index contributed by atoms with van der Waals surface area (Å²) in [5.74, 6) is -0.103. The quantitative estimate of drug-likeness (QED) is 0.661. The molecule has 1 aromatic rings. The molecule has 0 unspecified atom stereocenters. The number of rotatable bonds is 4. The van der Waals surface area contributed by atoms with Crippen LogP contribution >= 0.6 is 0 Å². The predicted octanol–water partition coefficient (Wildman–Crippen LogP) is 2.42. The summed E-state index contributed by atoms with van der Waals surface area (Å²) in [5.41, 5.74) is 7.52. The molecule has 124 valence electrons. The number of nitrogens with one attached hydrogen (secondary N) is 1. The van der Waals surface area contributed by atoms with Crippen molar-refractivity contribution >= 4 is 24.8 Å². The number of hydrogen-bond donors (Lipinski definition) is 2. The van der Waals surface area contributed by atoms with Crippen LogP contribution in [0.25, 0.3) is 6.08 Å². The number of nitrogen functional groups attached to an aromatic ring is 1. The molecule has 23 heavy (non-hydrogen) atoms. The monoisotopic (exact) mass is 316 g/mol. The summed E-state index contributed by atoms with van der Waals surface area (Å²) in [7, 11) is -0.522. The van der Waals surface area contributed by atoms with Crippen LogP contribution in [0.1, 0.15) is 40.2 Å². The summed E-state index contributed by atoms with van der Waals surface area (Å²) in [6.07, 6.45) is 1.92. The lowest BCUT2D eigenvalue weighted by molar-refractivity contribution is -0.118. The third kappa shape index (κ3) is 3.95. The second-order valence-electron chi connectivity index (χ2n) is 6.85. The van der Waals surface area contributed by atoms with Crippen LogP contribution in [0.2, 0.25) is 0 Å². The first kappa shape index (κ1) is 17.6. The molecule has 0 bridgehead atoms. The minimum absolute atomic E-state index is 0.103. The zero-order valence-corrected chi connectivity index (χ0v) is 14.5. The number of anilines is 1. The van der Waals surface area contributed by atoms with Gasteiger partial charge in [0.05, 0.1) is 11.2 Å². The first-order valence-electron chi connectivity index (χ1n) is 7.77. The fraction of sp³-hybridized carbons (Fsp3) is 0.471. The van der Waals surface area contributed by atoms with Gasteiger partial charge in [-0.1, -0.05) is 24.3 Å². The molecular formula is C17H25BN2O3. The molecule has 1 amide bonds. The van der Waals surface area contributed by atoms with Crippen molar-refractivity contribution in [3.05, 3.63) is 35.3 Å². The largest absolute Gasteiger partial charge is 0.492 e. The smallest absolute Gasteiger partial charge is 0.400 e. The van der Waals surface area contributed by atoms with Crippen LogP contribution in [0.3, 0.4) is 0 Å². The average molecular weight is 316 g/mol. The number of para-hydroxylation sites is 1. The van der Waals surface area contributed by atoms with E-state index in [9.17, 15) is 4.79 Å². The topological polar surface area (TPSA) is 73.6 Å². The Balaban J connectivity index is 2.32. The molecule has 6 heteroatoms. The number of carbonyl (C=O) groups excluding carboxylic acids is 1. The van der Waals surface area contributed by atoms with E-state index in [1.807, 2.05) is 58.0 Å². The van der Waals surface area contributed by atoms with Crippen molar-refractivity contribution in [2.45, 2.75) is 45.8 Å². The number of amides is 1. The molecule has 0 aliphatic carbocycles. The van der Waals surface area contributed by atoms with Crippen LogP contribution in [0.15, 0.2) is 29.7 Å². The van der Waals surface area contributed by atoms with Crippen LogP contribution in [0, 0.1) is 0 Å². The Morgan fingerprint density at radius 1 is 1.22 bits per heavy atom. The van der Waals surface area contributed by atoms with Crippen molar-refractivity contribution in [2.24, 2.45) is 0 Å². The molecular weight excluding hydrogens is 291 g/mol. The minimum atomic E-state index is -0.522. The van der Waals surface area contributed by atoms with E-state index < -0.39 is 18.3 Å². The van der Waals surface area contributed by atoms with Gasteiger partial charge >= 0.3 is 7.12 Å². The van der Waals surface area contributed by atoms with Crippen LogP contribution in [0.5, 0.6) is 0 Å². The molecule has 0 aromatic heterocycles. The highest BCUT2D eigenvalue weighted by atomic mass is 16.7. The third-order valence-electron chi connectivity index (χ3n) is 4.43. The summed E-state index contributed by atoms with van der Waals surface area (Å²) < 4.78 is 12.2. The molecule has 1 heterocycles. The van der Waals surface area contributed by atoms with Gasteiger partial charge in [0.25, 0.3) is 0 Å². The van der Waals surface area contributed by atoms with Gasteiger partial charge in [-0.25, -0.2) is 0 Å². The van der Waals surface area contributed by atoms with E-state index >= 15 is 0 Å². The van der Waals surface area contributed by atoms with Gasteiger partial charge in [0.2, 0.25) is 5.91 Å². The maximum absolute atomic E-state index is 11.3. The van der Waals surface area contributed by atoms with Crippen LogP contribution in [-0.4, -0.2) is 30.8 Å². The Kier molecular flexibility index (Phi) is 4.87. The molecule has 0 spiro atoms. The molecule has 0 radical (unpaired) electrons. The zero-order valence-electron chi connectivity index (χ0n) is 14.5. The van der Waals surface area contributed by atoms with E-state index in [0.717, 1.165) is 11.0 Å². The van der Waals surface area contributed by atoms with E-state index in [1.165, 1.54) is 6.92 Å². The first-order chi connectivity index (χ1) is 10.6. The second-order valence-corrected chi connectivity index (χ2v) is 6.85.